The molecule has 0 aliphatic heterocycles. The van der Waals surface area contributed by atoms with Crippen molar-refractivity contribution in [3.8, 4) is 11.3 Å². The normalized spacial score (nSPS) is 10.5. The predicted molar refractivity (Wildman–Crippen MR) is 67.7 cm³/mol. The van der Waals surface area contributed by atoms with Crippen LogP contribution < -0.4 is 0 Å². The Bertz CT molecular complexity index is 523. The van der Waals surface area contributed by atoms with Gasteiger partial charge in [0.1, 0.15) is 5.82 Å². The third-order valence-corrected chi connectivity index (χ3v) is 2.71. The van der Waals surface area contributed by atoms with E-state index in [9.17, 15) is 0 Å². The number of hydrogen-bond acceptors (Lipinski definition) is 3. The van der Waals surface area contributed by atoms with Crippen LogP contribution in [0.1, 0.15) is 17.0 Å². The molecule has 0 amide bonds. The van der Waals surface area contributed by atoms with Crippen LogP contribution >= 0.6 is 0 Å². The van der Waals surface area contributed by atoms with Gasteiger partial charge in [-0.1, -0.05) is 17.7 Å². The average Bonchev–Trinajstić information content (AvgIpc) is 2.33. The van der Waals surface area contributed by atoms with Crippen molar-refractivity contribution in [1.29, 1.82) is 0 Å². The molecule has 0 saturated carbocycles. The highest BCUT2D eigenvalue weighted by Gasteiger charge is 2.05. The zero-order chi connectivity index (χ0) is 12.3. The van der Waals surface area contributed by atoms with E-state index in [0.717, 1.165) is 11.3 Å². The Morgan fingerprint density at radius 2 is 2.00 bits per heavy atom. The summed E-state index contributed by atoms with van der Waals surface area (Å²) in [5.74, 6) is 0.686. The molecule has 1 aromatic heterocycles. The molecule has 2 rings (SSSR count). The molecule has 3 nitrogen and oxygen atoms in total. The molecular weight excluding hydrogens is 212 g/mol. The molecule has 0 radical (unpaired) electrons. The van der Waals surface area contributed by atoms with E-state index in [0.29, 0.717) is 12.2 Å². The fourth-order valence-electron chi connectivity index (χ4n) is 1.78. The van der Waals surface area contributed by atoms with Gasteiger partial charge in [0.05, 0.1) is 12.3 Å². The quantitative estimate of drug-likeness (QED) is 0.876. The van der Waals surface area contributed by atoms with Crippen molar-refractivity contribution < 1.29 is 5.11 Å². The van der Waals surface area contributed by atoms with E-state index in [1.165, 1.54) is 11.1 Å². The summed E-state index contributed by atoms with van der Waals surface area (Å²) in [7, 11) is 0. The van der Waals surface area contributed by atoms with Crippen molar-refractivity contribution in [2.75, 3.05) is 6.61 Å². The monoisotopic (exact) mass is 228 g/mol. The van der Waals surface area contributed by atoms with Gasteiger partial charge in [0.25, 0.3) is 0 Å². The third kappa shape index (κ3) is 2.68. The zero-order valence-corrected chi connectivity index (χ0v) is 10.1. The highest BCUT2D eigenvalue weighted by Crippen LogP contribution is 2.22. The topological polar surface area (TPSA) is 46.0 Å². The minimum atomic E-state index is 0.0796. The third-order valence-electron chi connectivity index (χ3n) is 2.71. The van der Waals surface area contributed by atoms with E-state index in [2.05, 4.69) is 42.0 Å². The maximum Gasteiger partial charge on any atom is 0.131 e. The van der Waals surface area contributed by atoms with Crippen LogP contribution in [0.2, 0.25) is 0 Å². The Hall–Kier alpha value is -1.74. The van der Waals surface area contributed by atoms with Crippen LogP contribution in [0.4, 0.5) is 0 Å². The highest BCUT2D eigenvalue weighted by molar-refractivity contribution is 5.63. The molecule has 3 heteroatoms. The number of aliphatic hydroxyl groups excluding tert-OH is 1. The van der Waals surface area contributed by atoms with Crippen molar-refractivity contribution in [3.05, 3.63) is 47.4 Å². The Morgan fingerprint density at radius 1 is 1.18 bits per heavy atom. The van der Waals surface area contributed by atoms with Crippen molar-refractivity contribution in [2.45, 2.75) is 20.3 Å². The molecule has 0 spiro atoms. The molecule has 2 aromatic rings. The fourth-order valence-corrected chi connectivity index (χ4v) is 1.78. The van der Waals surface area contributed by atoms with Crippen LogP contribution in [0, 0.1) is 13.8 Å². The average molecular weight is 228 g/mol. The van der Waals surface area contributed by atoms with Gasteiger partial charge in [0.15, 0.2) is 0 Å². The maximum atomic E-state index is 8.90. The van der Waals surface area contributed by atoms with Crippen LogP contribution in [0.3, 0.4) is 0 Å². The van der Waals surface area contributed by atoms with Gasteiger partial charge in [-0.05, 0) is 31.5 Å². The summed E-state index contributed by atoms with van der Waals surface area (Å²) in [6.07, 6.45) is 2.24. The second-order valence-electron chi connectivity index (χ2n) is 4.15. The lowest BCUT2D eigenvalue weighted by Gasteiger charge is -2.07. The molecule has 0 atom stereocenters. The number of aromatic nitrogens is 2. The standard InChI is InChI=1S/C14H16N2O/c1-10-3-4-11(2)12(9-10)13-5-7-15-14(16-13)6-8-17/h3-5,7,9,17H,6,8H2,1-2H3. The molecule has 0 aliphatic rings. The van der Waals surface area contributed by atoms with Crippen LogP contribution in [0.5, 0.6) is 0 Å². The maximum absolute atomic E-state index is 8.90. The van der Waals surface area contributed by atoms with E-state index in [4.69, 9.17) is 5.11 Å². The van der Waals surface area contributed by atoms with Gasteiger partial charge < -0.3 is 5.11 Å². The molecule has 1 aromatic carbocycles. The summed E-state index contributed by atoms with van der Waals surface area (Å²) in [6, 6.07) is 8.22. The van der Waals surface area contributed by atoms with E-state index in [1.54, 1.807) is 6.20 Å². The summed E-state index contributed by atoms with van der Waals surface area (Å²) in [5.41, 5.74) is 4.47. The van der Waals surface area contributed by atoms with E-state index < -0.39 is 0 Å². The predicted octanol–water partition coefficient (Wildman–Crippen LogP) is 2.30. The smallest absolute Gasteiger partial charge is 0.131 e. The lowest BCUT2D eigenvalue weighted by molar-refractivity contribution is 0.296. The molecule has 0 aliphatic carbocycles. The first kappa shape index (κ1) is 11.7. The molecule has 17 heavy (non-hydrogen) atoms. The van der Waals surface area contributed by atoms with Crippen LogP contribution in [-0.4, -0.2) is 21.7 Å². The summed E-state index contributed by atoms with van der Waals surface area (Å²) < 4.78 is 0. The number of aryl methyl sites for hydroxylation is 2. The van der Waals surface area contributed by atoms with E-state index in [-0.39, 0.29) is 6.61 Å². The Morgan fingerprint density at radius 3 is 2.76 bits per heavy atom. The van der Waals surface area contributed by atoms with Crippen molar-refractivity contribution in [2.24, 2.45) is 0 Å². The zero-order valence-electron chi connectivity index (χ0n) is 10.1. The lowest BCUT2D eigenvalue weighted by atomic mass is 10.0. The molecule has 1 heterocycles. The van der Waals surface area contributed by atoms with Crippen LogP contribution in [0.15, 0.2) is 30.5 Å². The van der Waals surface area contributed by atoms with Gasteiger partial charge in [-0.2, -0.15) is 0 Å². The summed E-state index contributed by atoms with van der Waals surface area (Å²) >= 11 is 0. The van der Waals surface area contributed by atoms with E-state index in [1.807, 2.05) is 6.07 Å². The number of nitrogens with zero attached hydrogens (tertiary/aromatic N) is 2. The van der Waals surface area contributed by atoms with Crippen molar-refractivity contribution in [1.82, 2.24) is 9.97 Å². The SMILES string of the molecule is Cc1ccc(C)c(-c2ccnc(CCO)n2)c1. The first-order valence-corrected chi connectivity index (χ1v) is 5.71. The molecule has 0 bridgehead atoms. The van der Waals surface area contributed by atoms with Gasteiger partial charge in [0, 0.05) is 18.2 Å². The molecule has 1 N–H and O–H groups in total. The van der Waals surface area contributed by atoms with Crippen molar-refractivity contribution >= 4 is 0 Å². The second-order valence-corrected chi connectivity index (χ2v) is 4.15. The molecule has 0 saturated heterocycles. The molecule has 88 valence electrons. The fraction of sp³-hybridized carbons (Fsp3) is 0.286. The summed E-state index contributed by atoms with van der Waals surface area (Å²) in [4.78, 5) is 8.60. The van der Waals surface area contributed by atoms with E-state index >= 15 is 0 Å². The van der Waals surface area contributed by atoms with Crippen molar-refractivity contribution in [3.63, 3.8) is 0 Å². The van der Waals surface area contributed by atoms with Crippen LogP contribution in [-0.2, 0) is 6.42 Å². The number of benzene rings is 1. The lowest BCUT2D eigenvalue weighted by Crippen LogP contribution is -1.99. The highest BCUT2D eigenvalue weighted by atomic mass is 16.3. The minimum absolute atomic E-state index is 0.0796. The van der Waals surface area contributed by atoms with Gasteiger partial charge in [-0.15, -0.1) is 0 Å². The van der Waals surface area contributed by atoms with Gasteiger partial charge in [0.2, 0.25) is 0 Å². The first-order chi connectivity index (χ1) is 8.20. The first-order valence-electron chi connectivity index (χ1n) is 5.71. The Kier molecular flexibility index (Phi) is 3.49. The second kappa shape index (κ2) is 5.06. The number of aliphatic hydroxyl groups is 1. The summed E-state index contributed by atoms with van der Waals surface area (Å²) in [6.45, 7) is 4.22. The van der Waals surface area contributed by atoms with Gasteiger partial charge in [-0.3, -0.25) is 0 Å². The minimum Gasteiger partial charge on any atom is -0.396 e. The summed E-state index contributed by atoms with van der Waals surface area (Å²) in [5, 5.41) is 8.90. The number of hydrogen-bond donors (Lipinski definition) is 1. The molecule has 0 fully saturated rings. The van der Waals surface area contributed by atoms with Gasteiger partial charge in [-0.25, -0.2) is 9.97 Å². The van der Waals surface area contributed by atoms with Gasteiger partial charge >= 0.3 is 0 Å². The van der Waals surface area contributed by atoms with Crippen LogP contribution in [0.25, 0.3) is 11.3 Å². The molecule has 0 unspecified atom stereocenters. The Labute approximate surface area is 101 Å². The molecular formula is C14H16N2O. The number of rotatable bonds is 3. The largest absolute Gasteiger partial charge is 0.396 e. The Balaban J connectivity index is 2.45.